The van der Waals surface area contributed by atoms with Gasteiger partial charge in [-0.05, 0) is 31.0 Å². The molecule has 1 aromatic rings. The average Bonchev–Trinajstić information content (AvgIpc) is 2.99. The van der Waals surface area contributed by atoms with Gasteiger partial charge in [0.2, 0.25) is 10.0 Å². The molecule has 2 fully saturated rings. The summed E-state index contributed by atoms with van der Waals surface area (Å²) in [6.45, 7) is 4.17. The van der Waals surface area contributed by atoms with Crippen molar-refractivity contribution in [3.63, 3.8) is 0 Å². The first-order chi connectivity index (χ1) is 13.4. The molecular weight excluding hydrogens is 437 g/mol. The van der Waals surface area contributed by atoms with Gasteiger partial charge in [0.25, 0.3) is 5.91 Å². The van der Waals surface area contributed by atoms with Gasteiger partial charge in [-0.1, -0.05) is 24.4 Å². The van der Waals surface area contributed by atoms with Gasteiger partial charge in [0.15, 0.2) is 0 Å². The highest BCUT2D eigenvalue weighted by atomic mass is 35.5. The van der Waals surface area contributed by atoms with Gasteiger partial charge in [-0.3, -0.25) is 9.69 Å². The molecule has 2 saturated heterocycles. The number of benzene rings is 1. The van der Waals surface area contributed by atoms with Crippen molar-refractivity contribution in [2.75, 3.05) is 52.4 Å². The van der Waals surface area contributed by atoms with Crippen LogP contribution in [0.25, 0.3) is 0 Å². The molecule has 29 heavy (non-hydrogen) atoms. The number of sulfonamides is 1. The van der Waals surface area contributed by atoms with E-state index in [-0.39, 0.29) is 34.8 Å². The molecular formula is C19H29Cl2N3O4S. The van der Waals surface area contributed by atoms with Gasteiger partial charge in [-0.15, -0.1) is 12.4 Å². The molecule has 10 heteroatoms. The molecule has 0 radical (unpaired) electrons. The Labute approximate surface area is 184 Å². The van der Waals surface area contributed by atoms with Crippen molar-refractivity contribution in [1.82, 2.24) is 14.1 Å². The number of hydrogen-bond donors (Lipinski definition) is 1. The number of aliphatic hydroxyl groups is 1. The Morgan fingerprint density at radius 3 is 2.21 bits per heavy atom. The molecule has 0 unspecified atom stereocenters. The van der Waals surface area contributed by atoms with Crippen molar-refractivity contribution in [1.29, 1.82) is 0 Å². The molecule has 1 N–H and O–H groups in total. The molecule has 2 aliphatic rings. The molecule has 164 valence electrons. The fraction of sp³-hybridized carbons (Fsp3) is 0.632. The van der Waals surface area contributed by atoms with Crippen LogP contribution in [0.15, 0.2) is 23.1 Å². The van der Waals surface area contributed by atoms with E-state index < -0.39 is 10.0 Å². The van der Waals surface area contributed by atoms with Gasteiger partial charge in [0.1, 0.15) is 4.90 Å². The van der Waals surface area contributed by atoms with Crippen LogP contribution in [0, 0.1) is 0 Å². The maximum absolute atomic E-state index is 13.1. The lowest BCUT2D eigenvalue weighted by Gasteiger charge is -2.34. The smallest absolute Gasteiger partial charge is 0.253 e. The van der Waals surface area contributed by atoms with E-state index in [1.54, 1.807) is 11.0 Å². The lowest BCUT2D eigenvalue weighted by molar-refractivity contribution is 0.0615. The second-order valence-electron chi connectivity index (χ2n) is 7.32. The summed E-state index contributed by atoms with van der Waals surface area (Å²) in [5, 5.41) is 9.18. The SMILES string of the molecule is Cl.O=C(c1ccc(Cl)c(S(=O)(=O)N2CCCCCC2)c1)N1CCN(CCO)CC1. The van der Waals surface area contributed by atoms with E-state index in [4.69, 9.17) is 16.7 Å². The third-order valence-corrected chi connectivity index (χ3v) is 7.82. The van der Waals surface area contributed by atoms with E-state index in [1.807, 2.05) is 0 Å². The van der Waals surface area contributed by atoms with E-state index in [1.165, 1.54) is 16.4 Å². The highest BCUT2D eigenvalue weighted by Gasteiger charge is 2.29. The van der Waals surface area contributed by atoms with Crippen molar-refractivity contribution in [2.24, 2.45) is 0 Å². The largest absolute Gasteiger partial charge is 0.395 e. The van der Waals surface area contributed by atoms with Gasteiger partial charge < -0.3 is 10.0 Å². The van der Waals surface area contributed by atoms with Crippen LogP contribution in [0.5, 0.6) is 0 Å². The minimum atomic E-state index is -3.72. The third-order valence-electron chi connectivity index (χ3n) is 5.44. The Morgan fingerprint density at radius 2 is 1.62 bits per heavy atom. The number of carbonyl (C=O) groups excluding carboxylic acids is 1. The van der Waals surface area contributed by atoms with Crippen molar-refractivity contribution in [3.8, 4) is 0 Å². The number of amides is 1. The summed E-state index contributed by atoms with van der Waals surface area (Å²) < 4.78 is 27.7. The maximum Gasteiger partial charge on any atom is 0.253 e. The van der Waals surface area contributed by atoms with E-state index in [9.17, 15) is 13.2 Å². The number of nitrogens with zero attached hydrogens (tertiary/aromatic N) is 3. The molecule has 0 aliphatic carbocycles. The number of β-amino-alcohol motifs (C(OH)–C–C–N with tert-alkyl or cyclic N) is 1. The average molecular weight is 466 g/mol. The molecule has 2 heterocycles. The molecule has 0 spiro atoms. The van der Waals surface area contributed by atoms with Gasteiger partial charge in [-0.2, -0.15) is 4.31 Å². The summed E-state index contributed by atoms with van der Waals surface area (Å²) in [5.41, 5.74) is 0.341. The van der Waals surface area contributed by atoms with Gasteiger partial charge >= 0.3 is 0 Å². The van der Waals surface area contributed by atoms with Crippen LogP contribution in [0.3, 0.4) is 0 Å². The lowest BCUT2D eigenvalue weighted by atomic mass is 10.2. The lowest BCUT2D eigenvalue weighted by Crippen LogP contribution is -2.49. The second kappa shape index (κ2) is 10.9. The maximum atomic E-state index is 13.1. The van der Waals surface area contributed by atoms with Gasteiger partial charge in [0, 0.05) is 51.4 Å². The fourth-order valence-electron chi connectivity index (χ4n) is 3.75. The van der Waals surface area contributed by atoms with Crippen molar-refractivity contribution in [2.45, 2.75) is 30.6 Å². The topological polar surface area (TPSA) is 81.2 Å². The van der Waals surface area contributed by atoms with E-state index in [0.29, 0.717) is 51.4 Å². The van der Waals surface area contributed by atoms with Crippen LogP contribution >= 0.6 is 24.0 Å². The molecule has 0 atom stereocenters. The quantitative estimate of drug-likeness (QED) is 0.719. The van der Waals surface area contributed by atoms with Crippen molar-refractivity contribution in [3.05, 3.63) is 28.8 Å². The number of halogens is 2. The number of rotatable bonds is 5. The highest BCUT2D eigenvalue weighted by Crippen LogP contribution is 2.28. The first-order valence-electron chi connectivity index (χ1n) is 9.85. The normalized spacial score (nSPS) is 19.4. The highest BCUT2D eigenvalue weighted by molar-refractivity contribution is 7.89. The summed E-state index contributed by atoms with van der Waals surface area (Å²) >= 11 is 6.22. The molecule has 1 aromatic carbocycles. The Morgan fingerprint density at radius 1 is 1.00 bits per heavy atom. The first kappa shape index (κ1) is 24.4. The predicted molar refractivity (Wildman–Crippen MR) is 115 cm³/mol. The molecule has 1 amide bonds. The Bertz CT molecular complexity index is 791. The van der Waals surface area contributed by atoms with Crippen LogP contribution in [0.1, 0.15) is 36.0 Å². The minimum Gasteiger partial charge on any atom is -0.395 e. The zero-order valence-electron chi connectivity index (χ0n) is 16.4. The summed E-state index contributed by atoms with van der Waals surface area (Å²) in [6, 6.07) is 4.51. The van der Waals surface area contributed by atoms with Gasteiger partial charge in [-0.25, -0.2) is 8.42 Å². The second-order valence-corrected chi connectivity index (χ2v) is 9.63. The first-order valence-corrected chi connectivity index (χ1v) is 11.7. The number of aliphatic hydroxyl groups excluding tert-OH is 1. The Hall–Kier alpha value is -0.900. The standard InChI is InChI=1S/C19H28ClN3O4S.ClH/c20-17-6-5-16(19(25)22-11-9-21(10-12-22)13-14-24)15-18(17)28(26,27)23-7-3-1-2-4-8-23;/h5-6,15,24H,1-4,7-14H2;1H. The zero-order valence-corrected chi connectivity index (χ0v) is 18.8. The van der Waals surface area contributed by atoms with Crippen LogP contribution in [0.2, 0.25) is 5.02 Å². The van der Waals surface area contributed by atoms with Crippen molar-refractivity contribution >= 4 is 39.9 Å². The molecule has 0 aromatic heterocycles. The summed E-state index contributed by atoms with van der Waals surface area (Å²) in [7, 11) is -3.72. The fourth-order valence-corrected chi connectivity index (χ4v) is 5.77. The zero-order chi connectivity index (χ0) is 20.1. The van der Waals surface area contributed by atoms with E-state index >= 15 is 0 Å². The van der Waals surface area contributed by atoms with Crippen LogP contribution in [-0.4, -0.2) is 86.0 Å². The van der Waals surface area contributed by atoms with E-state index in [2.05, 4.69) is 4.90 Å². The van der Waals surface area contributed by atoms with Crippen LogP contribution in [-0.2, 0) is 10.0 Å². The van der Waals surface area contributed by atoms with Crippen molar-refractivity contribution < 1.29 is 18.3 Å². The summed E-state index contributed by atoms with van der Waals surface area (Å²) in [5.74, 6) is -0.187. The molecule has 7 nitrogen and oxygen atoms in total. The molecule has 0 saturated carbocycles. The number of hydrogen-bond acceptors (Lipinski definition) is 5. The molecule has 0 bridgehead atoms. The molecule has 3 rings (SSSR count). The summed E-state index contributed by atoms with van der Waals surface area (Å²) in [6.07, 6.45) is 3.74. The Kier molecular flexibility index (Phi) is 9.18. The van der Waals surface area contributed by atoms with Gasteiger partial charge in [0.05, 0.1) is 11.6 Å². The number of carbonyl (C=O) groups is 1. The van der Waals surface area contributed by atoms with Crippen LogP contribution < -0.4 is 0 Å². The summed E-state index contributed by atoms with van der Waals surface area (Å²) in [4.78, 5) is 16.7. The van der Waals surface area contributed by atoms with Crippen LogP contribution in [0.4, 0.5) is 0 Å². The predicted octanol–water partition coefficient (Wildman–Crippen LogP) is 2.08. The third kappa shape index (κ3) is 5.83. The monoisotopic (exact) mass is 465 g/mol. The number of piperazine rings is 1. The minimum absolute atomic E-state index is 0. The molecule has 2 aliphatic heterocycles. The van der Waals surface area contributed by atoms with E-state index in [0.717, 1.165) is 25.7 Å². The Balaban J connectivity index is 0.00000300.